The number of rotatable bonds is 7. The Labute approximate surface area is 178 Å². The zero-order chi connectivity index (χ0) is 21.2. The fraction of sp³-hybridized carbons (Fsp3) is 0.500. The molecule has 0 amide bonds. The second-order valence-electron chi connectivity index (χ2n) is 9.18. The summed E-state index contributed by atoms with van der Waals surface area (Å²) in [4.78, 5) is 0. The molecule has 3 rings (SSSR count). The molecular formula is C24H32ClN3O. The third-order valence-corrected chi connectivity index (χ3v) is 6.21. The number of aromatic nitrogens is 3. The Morgan fingerprint density at radius 2 is 1.90 bits per heavy atom. The molecule has 2 N–H and O–H groups in total. The molecule has 0 radical (unpaired) electrons. The van der Waals surface area contributed by atoms with E-state index in [2.05, 4.69) is 55.2 Å². The van der Waals surface area contributed by atoms with Gasteiger partial charge in [0.1, 0.15) is 5.52 Å². The molecule has 156 valence electrons. The summed E-state index contributed by atoms with van der Waals surface area (Å²) in [5.41, 5.74) is 5.21. The molecule has 2 aromatic carbocycles. The minimum absolute atomic E-state index is 0.0267. The van der Waals surface area contributed by atoms with Crippen molar-refractivity contribution in [3.63, 3.8) is 0 Å². The molecule has 0 aliphatic rings. The first-order valence-corrected chi connectivity index (χ1v) is 10.9. The molecule has 0 saturated heterocycles. The molecule has 1 aromatic heterocycles. The van der Waals surface area contributed by atoms with Gasteiger partial charge in [-0.25, -0.2) is 0 Å². The smallest absolute Gasteiger partial charge is 0.120 e. The summed E-state index contributed by atoms with van der Waals surface area (Å²) in [6.07, 6.45) is 2.71. The van der Waals surface area contributed by atoms with Crippen molar-refractivity contribution in [2.75, 3.05) is 0 Å². The maximum Gasteiger partial charge on any atom is 0.120 e. The van der Waals surface area contributed by atoms with E-state index in [1.807, 2.05) is 31.2 Å². The Morgan fingerprint density at radius 1 is 1.14 bits per heavy atom. The van der Waals surface area contributed by atoms with Gasteiger partial charge in [0.05, 0.1) is 11.6 Å². The van der Waals surface area contributed by atoms with Crippen LogP contribution in [-0.4, -0.2) is 26.6 Å². The Morgan fingerprint density at radius 3 is 2.55 bits per heavy atom. The number of hydrogen-bond acceptors (Lipinski definition) is 3. The number of halogens is 1. The van der Waals surface area contributed by atoms with Crippen molar-refractivity contribution in [1.29, 1.82) is 0 Å². The monoisotopic (exact) mass is 413 g/mol. The third kappa shape index (κ3) is 4.81. The first-order valence-electron chi connectivity index (χ1n) is 10.5. The number of hydrogen-bond donors (Lipinski definition) is 2. The lowest BCUT2D eigenvalue weighted by molar-refractivity contribution is 0.0449. The first kappa shape index (κ1) is 21.8. The number of aliphatic hydroxyl groups excluding tert-OH is 1. The van der Waals surface area contributed by atoms with Crippen molar-refractivity contribution in [1.82, 2.24) is 15.4 Å². The van der Waals surface area contributed by atoms with Gasteiger partial charge < -0.3 is 5.11 Å². The van der Waals surface area contributed by atoms with Gasteiger partial charge in [0.2, 0.25) is 0 Å². The Bertz CT molecular complexity index is 958. The second kappa shape index (κ2) is 8.85. The van der Waals surface area contributed by atoms with E-state index < -0.39 is 0 Å². The molecule has 5 heteroatoms. The number of H-pyrrole nitrogens is 1. The second-order valence-corrected chi connectivity index (χ2v) is 9.62. The van der Waals surface area contributed by atoms with Crippen molar-refractivity contribution in [3.8, 4) is 11.1 Å². The SMILES string of the molecule is CCCC(CC(C(C)O)C(C)(C)C)c1ccc(Cl)cc1-c1cccc2[nH]nnc12. The van der Waals surface area contributed by atoms with Crippen LogP contribution < -0.4 is 0 Å². The molecule has 0 aliphatic carbocycles. The summed E-state index contributed by atoms with van der Waals surface area (Å²) in [5, 5.41) is 22.5. The van der Waals surface area contributed by atoms with Gasteiger partial charge in [-0.2, -0.15) is 0 Å². The van der Waals surface area contributed by atoms with Crippen molar-refractivity contribution in [3.05, 3.63) is 47.0 Å². The van der Waals surface area contributed by atoms with Gasteiger partial charge in [0, 0.05) is 10.6 Å². The predicted molar refractivity (Wildman–Crippen MR) is 121 cm³/mol. The maximum atomic E-state index is 10.5. The van der Waals surface area contributed by atoms with Gasteiger partial charge in [-0.15, -0.1) is 5.10 Å². The zero-order valence-electron chi connectivity index (χ0n) is 18.0. The fourth-order valence-corrected chi connectivity index (χ4v) is 4.71. The van der Waals surface area contributed by atoms with Crippen LogP contribution in [0.4, 0.5) is 0 Å². The average molecular weight is 414 g/mol. The lowest BCUT2D eigenvalue weighted by atomic mass is 9.70. The van der Waals surface area contributed by atoms with E-state index in [9.17, 15) is 5.11 Å². The van der Waals surface area contributed by atoms with E-state index >= 15 is 0 Å². The molecule has 3 aromatic rings. The van der Waals surface area contributed by atoms with Gasteiger partial charge in [-0.3, -0.25) is 5.10 Å². The van der Waals surface area contributed by atoms with E-state index in [0.717, 1.165) is 41.4 Å². The summed E-state index contributed by atoms with van der Waals surface area (Å²) < 4.78 is 0. The van der Waals surface area contributed by atoms with Gasteiger partial charge >= 0.3 is 0 Å². The van der Waals surface area contributed by atoms with Crippen LogP contribution in [0.25, 0.3) is 22.2 Å². The van der Waals surface area contributed by atoms with Crippen LogP contribution in [0.3, 0.4) is 0 Å². The van der Waals surface area contributed by atoms with Crippen molar-refractivity contribution in [2.24, 2.45) is 11.3 Å². The number of nitrogens with one attached hydrogen (secondary N) is 1. The number of aliphatic hydroxyl groups is 1. The number of nitrogens with zero attached hydrogens (tertiary/aromatic N) is 2. The van der Waals surface area contributed by atoms with E-state index in [1.54, 1.807) is 0 Å². The van der Waals surface area contributed by atoms with E-state index in [0.29, 0.717) is 10.9 Å². The zero-order valence-corrected chi connectivity index (χ0v) is 18.8. The molecule has 29 heavy (non-hydrogen) atoms. The molecule has 0 bridgehead atoms. The van der Waals surface area contributed by atoms with Gasteiger partial charge in [-0.1, -0.05) is 69.1 Å². The molecular weight excluding hydrogens is 382 g/mol. The van der Waals surface area contributed by atoms with E-state index in [-0.39, 0.29) is 17.4 Å². The number of benzene rings is 2. The third-order valence-electron chi connectivity index (χ3n) is 5.97. The molecule has 4 nitrogen and oxygen atoms in total. The topological polar surface area (TPSA) is 61.8 Å². The lowest BCUT2D eigenvalue weighted by Crippen LogP contribution is -2.32. The highest BCUT2D eigenvalue weighted by molar-refractivity contribution is 6.31. The van der Waals surface area contributed by atoms with Gasteiger partial charge in [-0.05, 0) is 66.3 Å². The largest absolute Gasteiger partial charge is 0.393 e. The first-order chi connectivity index (χ1) is 13.7. The molecule has 1 heterocycles. The Balaban J connectivity index is 2.12. The van der Waals surface area contributed by atoms with Crippen molar-refractivity contribution < 1.29 is 5.11 Å². The standard InChI is InChI=1S/C24H32ClN3O/c1-6-8-16(13-21(15(2)29)24(3,4)5)18-12-11-17(25)14-20(18)19-9-7-10-22-23(19)27-28-26-22/h7,9-12,14-16,21,29H,6,8,13H2,1-5H3,(H,26,27,28). The van der Waals surface area contributed by atoms with E-state index in [4.69, 9.17) is 11.6 Å². The van der Waals surface area contributed by atoms with Crippen LogP contribution in [0.1, 0.15) is 65.4 Å². The predicted octanol–water partition coefficient (Wildman–Crippen LogP) is 6.60. The molecule has 0 saturated carbocycles. The minimum atomic E-state index is -0.357. The minimum Gasteiger partial charge on any atom is -0.393 e. The maximum absolute atomic E-state index is 10.5. The molecule has 0 spiro atoms. The van der Waals surface area contributed by atoms with Crippen LogP contribution in [0.15, 0.2) is 36.4 Å². The summed E-state index contributed by atoms with van der Waals surface area (Å²) in [6.45, 7) is 10.8. The summed E-state index contributed by atoms with van der Waals surface area (Å²) >= 11 is 6.42. The number of aromatic amines is 1. The van der Waals surface area contributed by atoms with Crippen LogP contribution in [0.5, 0.6) is 0 Å². The lowest BCUT2D eigenvalue weighted by Gasteiger charge is -2.36. The van der Waals surface area contributed by atoms with Crippen LogP contribution in [-0.2, 0) is 0 Å². The number of fused-ring (bicyclic) bond motifs is 1. The van der Waals surface area contributed by atoms with Crippen molar-refractivity contribution in [2.45, 2.75) is 65.9 Å². The summed E-state index contributed by atoms with van der Waals surface area (Å²) in [5.74, 6) is 0.527. The van der Waals surface area contributed by atoms with Gasteiger partial charge in [0.15, 0.2) is 0 Å². The van der Waals surface area contributed by atoms with Crippen LogP contribution >= 0.6 is 11.6 Å². The van der Waals surface area contributed by atoms with Crippen molar-refractivity contribution >= 4 is 22.6 Å². The van der Waals surface area contributed by atoms with Crippen LogP contribution in [0, 0.1) is 11.3 Å². The van der Waals surface area contributed by atoms with E-state index in [1.165, 1.54) is 5.56 Å². The summed E-state index contributed by atoms with van der Waals surface area (Å²) in [6, 6.07) is 12.2. The highest BCUT2D eigenvalue weighted by Crippen LogP contribution is 2.43. The average Bonchev–Trinajstić information content (AvgIpc) is 3.12. The fourth-order valence-electron chi connectivity index (χ4n) is 4.53. The summed E-state index contributed by atoms with van der Waals surface area (Å²) in [7, 11) is 0. The normalized spacial score (nSPS) is 15.4. The quantitative estimate of drug-likeness (QED) is 0.458. The molecule has 3 unspecified atom stereocenters. The molecule has 0 aliphatic heterocycles. The molecule has 0 fully saturated rings. The van der Waals surface area contributed by atoms with Gasteiger partial charge in [0.25, 0.3) is 0 Å². The Hall–Kier alpha value is -1.91. The highest BCUT2D eigenvalue weighted by atomic mass is 35.5. The Kier molecular flexibility index (Phi) is 6.65. The van der Waals surface area contributed by atoms with Crippen LogP contribution in [0.2, 0.25) is 5.02 Å². The molecule has 3 atom stereocenters. The highest BCUT2D eigenvalue weighted by Gasteiger charge is 2.32.